The van der Waals surface area contributed by atoms with Crippen LogP contribution in [0.3, 0.4) is 0 Å². The van der Waals surface area contributed by atoms with Gasteiger partial charge < -0.3 is 5.32 Å². The standard InChI is InChI=1S/C16H15F2N5S/c1-9-3-13(22-8-24-2)11(5-20-9)15(19)14-6-21-16-12(18)4-10(17)7-23(14)16/h3-7,19H,8H2,1-2H3,(H,20,22). The number of anilines is 1. The number of imidazole rings is 1. The minimum atomic E-state index is -0.767. The van der Waals surface area contributed by atoms with Gasteiger partial charge in [-0.15, -0.1) is 11.8 Å². The van der Waals surface area contributed by atoms with E-state index in [9.17, 15) is 8.78 Å². The quantitative estimate of drug-likeness (QED) is 0.548. The van der Waals surface area contributed by atoms with E-state index in [2.05, 4.69) is 15.3 Å². The molecule has 3 rings (SSSR count). The van der Waals surface area contributed by atoms with Gasteiger partial charge in [0.1, 0.15) is 5.82 Å². The lowest BCUT2D eigenvalue weighted by Gasteiger charge is -2.12. The molecule has 0 aromatic carbocycles. The van der Waals surface area contributed by atoms with Crippen molar-refractivity contribution >= 4 is 28.8 Å². The first-order valence-electron chi connectivity index (χ1n) is 7.12. The lowest BCUT2D eigenvalue weighted by molar-refractivity contribution is 0.576. The SMILES string of the molecule is CSCNc1cc(C)ncc1C(=N)c1cnc2c(F)cc(F)cn12. The number of thioether (sulfide) groups is 1. The number of halogens is 2. The van der Waals surface area contributed by atoms with Crippen LogP contribution in [0.1, 0.15) is 17.0 Å². The third-order valence-electron chi connectivity index (χ3n) is 3.50. The van der Waals surface area contributed by atoms with Crippen molar-refractivity contribution in [1.29, 1.82) is 5.41 Å². The number of hydrogen-bond acceptors (Lipinski definition) is 5. The normalized spacial score (nSPS) is 11.0. The molecule has 0 bridgehead atoms. The van der Waals surface area contributed by atoms with Crippen LogP contribution in [0.4, 0.5) is 14.5 Å². The molecule has 5 nitrogen and oxygen atoms in total. The lowest BCUT2D eigenvalue weighted by Crippen LogP contribution is -2.11. The van der Waals surface area contributed by atoms with E-state index in [4.69, 9.17) is 5.41 Å². The molecule has 0 saturated carbocycles. The fourth-order valence-electron chi connectivity index (χ4n) is 2.39. The maximum absolute atomic E-state index is 13.8. The van der Waals surface area contributed by atoms with Crippen LogP contribution in [0.2, 0.25) is 0 Å². The van der Waals surface area contributed by atoms with E-state index in [1.165, 1.54) is 10.6 Å². The maximum Gasteiger partial charge on any atom is 0.173 e. The highest BCUT2D eigenvalue weighted by Crippen LogP contribution is 2.22. The first kappa shape index (κ1) is 16.4. The third-order valence-corrected chi connectivity index (χ3v) is 3.93. The summed E-state index contributed by atoms with van der Waals surface area (Å²) in [5.41, 5.74) is 2.46. The molecule has 0 fully saturated rings. The zero-order valence-corrected chi connectivity index (χ0v) is 13.9. The number of pyridine rings is 2. The number of fused-ring (bicyclic) bond motifs is 1. The highest BCUT2D eigenvalue weighted by atomic mass is 32.2. The van der Waals surface area contributed by atoms with Crippen molar-refractivity contribution in [2.45, 2.75) is 6.92 Å². The van der Waals surface area contributed by atoms with Gasteiger partial charge in [-0.2, -0.15) is 0 Å². The molecule has 0 aliphatic heterocycles. The number of hydrogen-bond donors (Lipinski definition) is 2. The Morgan fingerprint density at radius 1 is 1.29 bits per heavy atom. The molecule has 0 amide bonds. The molecule has 0 aliphatic carbocycles. The second kappa shape index (κ2) is 6.56. The predicted octanol–water partition coefficient (Wildman–Crippen LogP) is 3.46. The number of nitrogens with zero attached hydrogens (tertiary/aromatic N) is 3. The van der Waals surface area contributed by atoms with Gasteiger partial charge in [0.2, 0.25) is 0 Å². The number of nitrogens with one attached hydrogen (secondary N) is 2. The Labute approximate surface area is 141 Å². The van der Waals surface area contributed by atoms with Gasteiger partial charge in [0, 0.05) is 35.4 Å². The van der Waals surface area contributed by atoms with Crippen molar-refractivity contribution in [3.63, 3.8) is 0 Å². The van der Waals surface area contributed by atoms with Crippen LogP contribution in [0, 0.1) is 24.0 Å². The summed E-state index contributed by atoms with van der Waals surface area (Å²) in [4.78, 5) is 8.18. The van der Waals surface area contributed by atoms with Crippen LogP contribution < -0.4 is 5.32 Å². The molecule has 0 saturated heterocycles. The van der Waals surface area contributed by atoms with Gasteiger partial charge in [-0.3, -0.25) is 14.8 Å². The molecule has 3 heterocycles. The second-order valence-corrected chi connectivity index (χ2v) is 6.07. The molecule has 2 N–H and O–H groups in total. The van der Waals surface area contributed by atoms with Crippen molar-refractivity contribution in [2.24, 2.45) is 0 Å². The maximum atomic E-state index is 13.8. The molecule has 3 aromatic rings. The van der Waals surface area contributed by atoms with E-state index in [1.807, 2.05) is 19.2 Å². The summed E-state index contributed by atoms with van der Waals surface area (Å²) in [6, 6.07) is 2.61. The van der Waals surface area contributed by atoms with E-state index in [0.29, 0.717) is 17.1 Å². The fourth-order valence-corrected chi connectivity index (χ4v) is 2.69. The average molecular weight is 347 g/mol. The Morgan fingerprint density at radius 3 is 2.83 bits per heavy atom. The largest absolute Gasteiger partial charge is 0.375 e. The molecule has 0 spiro atoms. The van der Waals surface area contributed by atoms with E-state index >= 15 is 0 Å². The molecule has 0 radical (unpaired) electrons. The molecule has 0 aliphatic rings. The first-order chi connectivity index (χ1) is 11.5. The first-order valence-corrected chi connectivity index (χ1v) is 8.51. The minimum Gasteiger partial charge on any atom is -0.375 e. The third kappa shape index (κ3) is 2.96. The summed E-state index contributed by atoms with van der Waals surface area (Å²) in [7, 11) is 0. The van der Waals surface area contributed by atoms with Gasteiger partial charge in [-0.25, -0.2) is 13.8 Å². The van der Waals surface area contributed by atoms with E-state index in [0.717, 1.165) is 23.6 Å². The van der Waals surface area contributed by atoms with Gasteiger partial charge in [-0.1, -0.05) is 0 Å². The van der Waals surface area contributed by atoms with Gasteiger partial charge in [0.25, 0.3) is 0 Å². The minimum absolute atomic E-state index is 0.0187. The van der Waals surface area contributed by atoms with Crippen molar-refractivity contribution in [2.75, 3.05) is 17.4 Å². The Balaban J connectivity index is 2.10. The Hall–Kier alpha value is -2.48. The van der Waals surface area contributed by atoms with Gasteiger partial charge in [-0.05, 0) is 19.2 Å². The summed E-state index contributed by atoms with van der Waals surface area (Å²) in [6.07, 6.45) is 6.02. The van der Waals surface area contributed by atoms with Gasteiger partial charge in [0.15, 0.2) is 11.5 Å². The zero-order chi connectivity index (χ0) is 17.3. The number of aromatic nitrogens is 3. The highest BCUT2D eigenvalue weighted by molar-refractivity contribution is 7.98. The smallest absolute Gasteiger partial charge is 0.173 e. The number of aryl methyl sites for hydroxylation is 1. The Bertz CT molecular complexity index is 922. The Morgan fingerprint density at radius 2 is 2.08 bits per heavy atom. The zero-order valence-electron chi connectivity index (χ0n) is 13.1. The summed E-state index contributed by atoms with van der Waals surface area (Å²) in [6.45, 7) is 1.86. The van der Waals surface area contributed by atoms with Crippen molar-refractivity contribution in [3.8, 4) is 0 Å². The molecule has 3 aromatic heterocycles. The van der Waals surface area contributed by atoms with E-state index in [1.54, 1.807) is 18.0 Å². The molecular weight excluding hydrogens is 332 g/mol. The van der Waals surface area contributed by atoms with Crippen molar-refractivity contribution < 1.29 is 8.78 Å². The molecule has 0 unspecified atom stereocenters. The van der Waals surface area contributed by atoms with Crippen LogP contribution in [-0.4, -0.2) is 32.2 Å². The van der Waals surface area contributed by atoms with E-state index in [-0.39, 0.29) is 11.4 Å². The van der Waals surface area contributed by atoms with Crippen LogP contribution in [0.5, 0.6) is 0 Å². The molecular formula is C16H15F2N5S. The van der Waals surface area contributed by atoms with Crippen molar-refractivity contribution in [3.05, 3.63) is 59.3 Å². The average Bonchev–Trinajstić information content (AvgIpc) is 2.96. The van der Waals surface area contributed by atoms with Crippen LogP contribution in [0.15, 0.2) is 30.7 Å². The highest BCUT2D eigenvalue weighted by Gasteiger charge is 2.17. The summed E-state index contributed by atoms with van der Waals surface area (Å²) >= 11 is 1.61. The van der Waals surface area contributed by atoms with Crippen LogP contribution >= 0.6 is 11.8 Å². The van der Waals surface area contributed by atoms with Crippen LogP contribution in [-0.2, 0) is 0 Å². The lowest BCUT2D eigenvalue weighted by atomic mass is 10.1. The predicted molar refractivity (Wildman–Crippen MR) is 92.0 cm³/mol. The monoisotopic (exact) mass is 347 g/mol. The molecule has 8 heteroatoms. The van der Waals surface area contributed by atoms with Crippen LogP contribution in [0.25, 0.3) is 5.65 Å². The molecule has 124 valence electrons. The number of rotatable bonds is 5. The van der Waals surface area contributed by atoms with Gasteiger partial charge >= 0.3 is 0 Å². The van der Waals surface area contributed by atoms with Crippen molar-refractivity contribution in [1.82, 2.24) is 14.4 Å². The van der Waals surface area contributed by atoms with Gasteiger partial charge in [0.05, 0.1) is 23.5 Å². The fraction of sp³-hybridized carbons (Fsp3) is 0.188. The van der Waals surface area contributed by atoms with E-state index < -0.39 is 11.6 Å². The topological polar surface area (TPSA) is 66.1 Å². The summed E-state index contributed by atoms with van der Waals surface area (Å²) in [5.74, 6) is -0.827. The molecule has 0 atom stereocenters. The Kier molecular flexibility index (Phi) is 4.48. The summed E-state index contributed by atoms with van der Waals surface area (Å²) in [5, 5.41) is 11.7. The summed E-state index contributed by atoms with van der Waals surface area (Å²) < 4.78 is 28.6. The second-order valence-electron chi connectivity index (χ2n) is 5.20. The molecule has 24 heavy (non-hydrogen) atoms.